The highest BCUT2D eigenvalue weighted by Gasteiger charge is 2.27. The van der Waals surface area contributed by atoms with Crippen molar-refractivity contribution in [2.24, 2.45) is 11.7 Å². The van der Waals surface area contributed by atoms with E-state index in [1.54, 1.807) is 6.07 Å². The highest BCUT2D eigenvalue weighted by molar-refractivity contribution is 6.31. The monoisotopic (exact) mass is 213 g/mol. The summed E-state index contributed by atoms with van der Waals surface area (Å²) in [4.78, 5) is 0. The lowest BCUT2D eigenvalue weighted by Crippen LogP contribution is -2.40. The van der Waals surface area contributed by atoms with E-state index in [9.17, 15) is 4.39 Å². The number of benzene rings is 1. The minimum atomic E-state index is -0.281. The number of nitrogens with two attached hydrogens (primary N) is 1. The number of rotatable bonds is 2. The molecule has 14 heavy (non-hydrogen) atoms. The van der Waals surface area contributed by atoms with Gasteiger partial charge >= 0.3 is 0 Å². The normalized spacial score (nSPS) is 25.9. The maximum Gasteiger partial charge on any atom is 0.124 e. The summed E-state index contributed by atoms with van der Waals surface area (Å²) in [5.74, 6) is 0.245. The van der Waals surface area contributed by atoms with Crippen molar-refractivity contribution in [3.63, 3.8) is 0 Å². The fourth-order valence-electron chi connectivity index (χ4n) is 1.82. The summed E-state index contributed by atoms with van der Waals surface area (Å²) < 4.78 is 12.7. The lowest BCUT2D eigenvalue weighted by atomic mass is 9.76. The van der Waals surface area contributed by atoms with Crippen molar-refractivity contribution in [1.29, 1.82) is 0 Å². The Balaban J connectivity index is 2.09. The van der Waals surface area contributed by atoms with Gasteiger partial charge in [0.25, 0.3) is 0 Å². The summed E-state index contributed by atoms with van der Waals surface area (Å²) in [6.45, 7) is 0. The first kappa shape index (κ1) is 9.94. The van der Waals surface area contributed by atoms with E-state index in [4.69, 9.17) is 17.3 Å². The van der Waals surface area contributed by atoms with Crippen LogP contribution in [-0.2, 0) is 6.42 Å². The molecule has 1 aromatic carbocycles. The topological polar surface area (TPSA) is 26.0 Å². The van der Waals surface area contributed by atoms with Crippen molar-refractivity contribution in [1.82, 2.24) is 0 Å². The van der Waals surface area contributed by atoms with E-state index >= 15 is 0 Å². The lowest BCUT2D eigenvalue weighted by Gasteiger charge is -2.33. The Labute approximate surface area is 88.1 Å². The van der Waals surface area contributed by atoms with Crippen LogP contribution in [0.3, 0.4) is 0 Å². The third kappa shape index (κ3) is 1.91. The molecule has 2 rings (SSSR count). The molecule has 3 heteroatoms. The van der Waals surface area contributed by atoms with Crippen molar-refractivity contribution in [2.45, 2.75) is 25.3 Å². The molecule has 2 unspecified atom stereocenters. The van der Waals surface area contributed by atoms with Gasteiger partial charge in [0.05, 0.1) is 0 Å². The molecule has 0 heterocycles. The fraction of sp³-hybridized carbons (Fsp3) is 0.455. The molecule has 0 amide bonds. The van der Waals surface area contributed by atoms with E-state index < -0.39 is 0 Å². The maximum atomic E-state index is 12.7. The number of hydrogen-bond donors (Lipinski definition) is 1. The number of halogens is 2. The van der Waals surface area contributed by atoms with Gasteiger partial charge in [-0.2, -0.15) is 0 Å². The lowest BCUT2D eigenvalue weighted by molar-refractivity contribution is 0.256. The summed E-state index contributed by atoms with van der Waals surface area (Å²) in [6.07, 6.45) is 3.14. The molecule has 0 bridgehead atoms. The van der Waals surface area contributed by atoms with E-state index in [0.717, 1.165) is 24.8 Å². The Hall–Kier alpha value is -0.600. The number of hydrogen-bond acceptors (Lipinski definition) is 1. The second-order valence-corrected chi connectivity index (χ2v) is 4.35. The van der Waals surface area contributed by atoms with Gasteiger partial charge in [-0.3, -0.25) is 0 Å². The average Bonchev–Trinajstić information content (AvgIpc) is 2.14. The molecule has 1 saturated carbocycles. The SMILES string of the molecule is NC1CCC1Cc1ccc(F)cc1Cl. The van der Waals surface area contributed by atoms with E-state index in [0.29, 0.717) is 17.0 Å². The fourth-order valence-corrected chi connectivity index (χ4v) is 2.06. The van der Waals surface area contributed by atoms with Crippen LogP contribution in [-0.4, -0.2) is 6.04 Å². The highest BCUT2D eigenvalue weighted by Crippen LogP contribution is 2.31. The summed E-state index contributed by atoms with van der Waals surface area (Å²) in [6, 6.07) is 4.87. The van der Waals surface area contributed by atoms with Gasteiger partial charge in [-0.25, -0.2) is 4.39 Å². The van der Waals surface area contributed by atoms with Gasteiger partial charge in [0.15, 0.2) is 0 Å². The molecule has 0 aromatic heterocycles. The minimum Gasteiger partial charge on any atom is -0.327 e. The molecule has 1 aliphatic rings. The molecule has 0 radical (unpaired) electrons. The first-order valence-corrected chi connectivity index (χ1v) is 5.24. The maximum absolute atomic E-state index is 12.7. The Kier molecular flexibility index (Phi) is 2.75. The standard InChI is InChI=1S/C11H13ClFN/c12-10-6-9(13)3-1-7(10)5-8-2-4-11(8)14/h1,3,6,8,11H,2,4-5,14H2. The molecule has 1 fully saturated rings. The Bertz CT molecular complexity index is 340. The van der Waals surface area contributed by atoms with E-state index in [2.05, 4.69) is 0 Å². The van der Waals surface area contributed by atoms with Crippen LogP contribution in [0.2, 0.25) is 5.02 Å². The van der Waals surface area contributed by atoms with Crippen molar-refractivity contribution in [3.8, 4) is 0 Å². The van der Waals surface area contributed by atoms with Crippen LogP contribution < -0.4 is 5.73 Å². The van der Waals surface area contributed by atoms with Crippen LogP contribution in [0.15, 0.2) is 18.2 Å². The van der Waals surface area contributed by atoms with Gasteiger partial charge in [-0.05, 0) is 42.9 Å². The zero-order chi connectivity index (χ0) is 10.1. The molecular weight excluding hydrogens is 201 g/mol. The van der Waals surface area contributed by atoms with E-state index in [1.807, 2.05) is 0 Å². The van der Waals surface area contributed by atoms with Crippen LogP contribution in [0.5, 0.6) is 0 Å². The van der Waals surface area contributed by atoms with Gasteiger partial charge in [0.1, 0.15) is 5.82 Å². The first-order valence-electron chi connectivity index (χ1n) is 4.86. The summed E-state index contributed by atoms with van der Waals surface area (Å²) in [7, 11) is 0. The molecule has 0 spiro atoms. The van der Waals surface area contributed by atoms with Crippen LogP contribution in [0, 0.1) is 11.7 Å². The van der Waals surface area contributed by atoms with Crippen molar-refractivity contribution < 1.29 is 4.39 Å². The predicted molar refractivity (Wildman–Crippen MR) is 55.8 cm³/mol. The van der Waals surface area contributed by atoms with Crippen LogP contribution >= 0.6 is 11.6 Å². The Morgan fingerprint density at radius 1 is 1.43 bits per heavy atom. The van der Waals surface area contributed by atoms with Gasteiger partial charge in [0, 0.05) is 11.1 Å². The Morgan fingerprint density at radius 3 is 2.71 bits per heavy atom. The third-order valence-corrected chi connectivity index (χ3v) is 3.33. The molecular formula is C11H13ClFN. The second-order valence-electron chi connectivity index (χ2n) is 3.94. The molecule has 2 atom stereocenters. The molecule has 0 aliphatic heterocycles. The van der Waals surface area contributed by atoms with Gasteiger partial charge < -0.3 is 5.73 Å². The third-order valence-electron chi connectivity index (χ3n) is 2.97. The van der Waals surface area contributed by atoms with Crippen LogP contribution in [0.1, 0.15) is 18.4 Å². The first-order chi connectivity index (χ1) is 6.66. The van der Waals surface area contributed by atoms with E-state index in [1.165, 1.54) is 12.1 Å². The van der Waals surface area contributed by atoms with Gasteiger partial charge in [-0.15, -0.1) is 0 Å². The van der Waals surface area contributed by atoms with Gasteiger partial charge in [-0.1, -0.05) is 17.7 Å². The molecule has 76 valence electrons. The average molecular weight is 214 g/mol. The van der Waals surface area contributed by atoms with Crippen molar-refractivity contribution in [2.75, 3.05) is 0 Å². The largest absolute Gasteiger partial charge is 0.327 e. The summed E-state index contributed by atoms with van der Waals surface area (Å²) >= 11 is 5.92. The van der Waals surface area contributed by atoms with Crippen LogP contribution in [0.4, 0.5) is 4.39 Å². The molecule has 2 N–H and O–H groups in total. The Morgan fingerprint density at radius 2 is 2.21 bits per heavy atom. The smallest absolute Gasteiger partial charge is 0.124 e. The minimum absolute atomic E-state index is 0.281. The quantitative estimate of drug-likeness (QED) is 0.803. The molecule has 0 saturated heterocycles. The molecule has 1 aromatic rings. The van der Waals surface area contributed by atoms with Crippen molar-refractivity contribution >= 4 is 11.6 Å². The highest BCUT2D eigenvalue weighted by atomic mass is 35.5. The zero-order valence-corrected chi connectivity index (χ0v) is 8.60. The van der Waals surface area contributed by atoms with Crippen molar-refractivity contribution in [3.05, 3.63) is 34.6 Å². The second kappa shape index (κ2) is 3.87. The van der Waals surface area contributed by atoms with Gasteiger partial charge in [0.2, 0.25) is 0 Å². The predicted octanol–water partition coefficient (Wildman–Crippen LogP) is 2.76. The summed E-state index contributed by atoms with van der Waals surface area (Å²) in [5, 5.41) is 0.518. The molecule has 1 aliphatic carbocycles. The molecule has 1 nitrogen and oxygen atoms in total. The van der Waals surface area contributed by atoms with E-state index in [-0.39, 0.29) is 5.82 Å². The zero-order valence-electron chi connectivity index (χ0n) is 7.84. The summed E-state index contributed by atoms with van der Waals surface area (Å²) in [5.41, 5.74) is 6.84. The van der Waals surface area contributed by atoms with Crippen LogP contribution in [0.25, 0.3) is 0 Å².